The molecule has 5 N–H and O–H groups in total. The summed E-state index contributed by atoms with van der Waals surface area (Å²) in [5.74, 6) is -4.10. The molecule has 1 saturated heterocycles. The number of carboxylic acid groups (broad SMARTS) is 2. The molecule has 0 amide bonds. The van der Waals surface area contributed by atoms with Crippen molar-refractivity contribution in [2.75, 3.05) is 31.1 Å². The molecule has 0 unspecified atom stereocenters. The molecule has 2 aliphatic heterocycles. The van der Waals surface area contributed by atoms with E-state index in [1.165, 1.54) is 0 Å². The molecular weight excluding hydrogens is 506 g/mol. The number of pyridine rings is 1. The van der Waals surface area contributed by atoms with E-state index in [1.54, 1.807) is 12.4 Å². The minimum absolute atomic E-state index is 0.00627. The molecule has 0 aromatic carbocycles. The van der Waals surface area contributed by atoms with Gasteiger partial charge in [-0.2, -0.15) is 31.3 Å². The summed E-state index contributed by atoms with van der Waals surface area (Å²) >= 11 is 0. The van der Waals surface area contributed by atoms with E-state index in [1.807, 2.05) is 18.2 Å². The molecule has 1 fully saturated rings. The van der Waals surface area contributed by atoms with Crippen molar-refractivity contribution in [3.63, 3.8) is 0 Å². The Hall–Kier alpha value is -4.15. The van der Waals surface area contributed by atoms with Gasteiger partial charge in [-0.1, -0.05) is 0 Å². The molecule has 4 rings (SSSR count). The summed E-state index contributed by atoms with van der Waals surface area (Å²) in [6.07, 6.45) is -4.84. The van der Waals surface area contributed by atoms with E-state index in [2.05, 4.69) is 30.2 Å². The van der Waals surface area contributed by atoms with E-state index in [0.717, 1.165) is 37.3 Å². The van der Waals surface area contributed by atoms with Gasteiger partial charge in [0.2, 0.25) is 11.8 Å². The van der Waals surface area contributed by atoms with E-state index >= 15 is 0 Å². The summed E-state index contributed by atoms with van der Waals surface area (Å²) in [7, 11) is 0. The van der Waals surface area contributed by atoms with Gasteiger partial charge in [-0.25, -0.2) is 19.6 Å². The molecule has 17 heteroatoms. The Labute approximate surface area is 197 Å². The number of piperazine rings is 1. The molecular formula is C19H18F6N6O5. The van der Waals surface area contributed by atoms with Crippen molar-refractivity contribution in [2.45, 2.75) is 12.4 Å². The summed E-state index contributed by atoms with van der Waals surface area (Å²) in [6.45, 7) is 3.58. The Kier molecular flexibility index (Phi) is 8.99. The SMILES string of the molecule is O=C(O)C(F)(F)F.O=C(O)C(F)(F)F.Oc1nc(N2CCNCC2)[nH]c1/C=C1\C=Nc2ncccc21. The predicted molar refractivity (Wildman–Crippen MR) is 113 cm³/mol. The van der Waals surface area contributed by atoms with E-state index in [0.29, 0.717) is 17.5 Å². The molecule has 0 radical (unpaired) electrons. The van der Waals surface area contributed by atoms with Gasteiger partial charge in [0.25, 0.3) is 0 Å². The van der Waals surface area contributed by atoms with Gasteiger partial charge >= 0.3 is 24.3 Å². The van der Waals surface area contributed by atoms with Crippen molar-refractivity contribution >= 4 is 41.6 Å². The van der Waals surface area contributed by atoms with Crippen molar-refractivity contribution in [3.8, 4) is 5.88 Å². The monoisotopic (exact) mass is 524 g/mol. The number of aromatic hydroxyl groups is 1. The number of allylic oxidation sites excluding steroid dienone is 1. The lowest BCUT2D eigenvalue weighted by Crippen LogP contribution is -2.44. The quantitative estimate of drug-likeness (QED) is 0.371. The molecule has 0 saturated carbocycles. The highest BCUT2D eigenvalue weighted by Crippen LogP contribution is 2.32. The normalized spacial score (nSPS) is 15.9. The number of fused-ring (bicyclic) bond motifs is 1. The summed E-state index contributed by atoms with van der Waals surface area (Å²) in [4.78, 5) is 35.8. The topological polar surface area (TPSA) is 164 Å². The van der Waals surface area contributed by atoms with Crippen LogP contribution < -0.4 is 10.2 Å². The fourth-order valence-electron chi connectivity index (χ4n) is 2.69. The number of halogens is 6. The number of alkyl halides is 6. The van der Waals surface area contributed by atoms with Gasteiger partial charge in [-0.05, 0) is 18.2 Å². The smallest absolute Gasteiger partial charge is 0.490 e. The minimum Gasteiger partial charge on any atom is -0.492 e. The van der Waals surface area contributed by atoms with Crippen LogP contribution >= 0.6 is 0 Å². The van der Waals surface area contributed by atoms with Crippen LogP contribution in [0, 0.1) is 0 Å². The van der Waals surface area contributed by atoms with Crippen molar-refractivity contribution in [1.29, 1.82) is 0 Å². The predicted octanol–water partition coefficient (Wildman–Crippen LogP) is 2.44. The Morgan fingerprint density at radius 1 is 1.03 bits per heavy atom. The molecule has 2 aromatic heterocycles. The fraction of sp³-hybridized carbons (Fsp3) is 0.316. The Morgan fingerprint density at radius 2 is 1.58 bits per heavy atom. The van der Waals surface area contributed by atoms with Gasteiger partial charge in [0, 0.05) is 49.7 Å². The highest BCUT2D eigenvalue weighted by atomic mass is 19.4. The number of hydrogen-bond donors (Lipinski definition) is 5. The van der Waals surface area contributed by atoms with Gasteiger partial charge < -0.3 is 30.5 Å². The average Bonchev–Trinajstić information content (AvgIpc) is 3.38. The first-order valence-corrected chi connectivity index (χ1v) is 9.76. The summed E-state index contributed by atoms with van der Waals surface area (Å²) in [6, 6.07) is 3.84. The number of carboxylic acids is 2. The molecule has 2 aliphatic rings. The first-order valence-electron chi connectivity index (χ1n) is 9.76. The zero-order valence-electron chi connectivity index (χ0n) is 17.9. The summed E-state index contributed by atoms with van der Waals surface area (Å²) in [5.41, 5.74) is 2.46. The maximum atomic E-state index is 10.6. The number of anilines is 1. The number of imidazole rings is 1. The number of aliphatic carboxylic acids is 2. The first-order chi connectivity index (χ1) is 16.7. The third-order valence-electron chi connectivity index (χ3n) is 4.32. The number of aromatic nitrogens is 3. The average molecular weight is 524 g/mol. The third kappa shape index (κ3) is 7.97. The molecule has 196 valence electrons. The van der Waals surface area contributed by atoms with Crippen molar-refractivity contribution in [2.24, 2.45) is 4.99 Å². The third-order valence-corrected chi connectivity index (χ3v) is 4.32. The molecule has 2 aromatic rings. The van der Waals surface area contributed by atoms with Gasteiger partial charge in [-0.15, -0.1) is 0 Å². The number of aliphatic imine (C=N–C) groups is 1. The molecule has 11 nitrogen and oxygen atoms in total. The maximum absolute atomic E-state index is 10.6. The number of rotatable bonds is 2. The van der Waals surface area contributed by atoms with E-state index in [4.69, 9.17) is 19.8 Å². The summed E-state index contributed by atoms with van der Waals surface area (Å²) < 4.78 is 63.5. The van der Waals surface area contributed by atoms with Crippen LogP contribution in [0.4, 0.5) is 38.1 Å². The molecule has 4 heterocycles. The molecule has 0 spiro atoms. The van der Waals surface area contributed by atoms with Crippen molar-refractivity contribution < 1.29 is 51.3 Å². The van der Waals surface area contributed by atoms with E-state index < -0.39 is 24.3 Å². The largest absolute Gasteiger partial charge is 0.492 e. The van der Waals surface area contributed by atoms with Crippen LogP contribution in [0.1, 0.15) is 11.3 Å². The van der Waals surface area contributed by atoms with E-state index in [9.17, 15) is 31.4 Å². The van der Waals surface area contributed by atoms with Crippen molar-refractivity contribution in [1.82, 2.24) is 20.3 Å². The highest BCUT2D eigenvalue weighted by Gasteiger charge is 2.38. The van der Waals surface area contributed by atoms with Crippen LogP contribution in [-0.4, -0.2) is 87.0 Å². The Morgan fingerprint density at radius 3 is 2.11 bits per heavy atom. The standard InChI is InChI=1S/C15H16N6O.2C2HF3O2/c22-14-12(19-15(20-14)21-6-4-16-5-7-21)8-10-9-18-13-11(10)2-1-3-17-13;2*3-2(4,5)1(6)7/h1-3,8-9,16,22H,4-7H2,(H,19,20);2*(H,6,7)/b10-8+;;. The zero-order valence-corrected chi connectivity index (χ0v) is 17.9. The van der Waals surface area contributed by atoms with Gasteiger partial charge in [0.05, 0.1) is 0 Å². The van der Waals surface area contributed by atoms with Crippen LogP contribution in [0.5, 0.6) is 5.88 Å². The lowest BCUT2D eigenvalue weighted by molar-refractivity contribution is -0.193. The van der Waals surface area contributed by atoms with Gasteiger partial charge in [0.15, 0.2) is 5.82 Å². The molecule has 0 atom stereocenters. The number of hydrogen-bond acceptors (Lipinski definition) is 8. The van der Waals surface area contributed by atoms with Crippen LogP contribution in [0.25, 0.3) is 11.6 Å². The maximum Gasteiger partial charge on any atom is 0.490 e. The number of aromatic amines is 1. The molecule has 36 heavy (non-hydrogen) atoms. The zero-order chi connectivity index (χ0) is 27.1. The Balaban J connectivity index is 0.000000271. The van der Waals surface area contributed by atoms with Crippen LogP contribution in [-0.2, 0) is 9.59 Å². The summed E-state index contributed by atoms with van der Waals surface area (Å²) in [5, 5.41) is 27.6. The second-order valence-electron chi connectivity index (χ2n) is 6.87. The van der Waals surface area contributed by atoms with Gasteiger partial charge in [0.1, 0.15) is 5.69 Å². The number of carbonyl (C=O) groups is 2. The lowest BCUT2D eigenvalue weighted by Gasteiger charge is -2.26. The van der Waals surface area contributed by atoms with Crippen LogP contribution in [0.2, 0.25) is 0 Å². The minimum atomic E-state index is -5.08. The number of nitrogens with one attached hydrogen (secondary N) is 2. The fourth-order valence-corrected chi connectivity index (χ4v) is 2.69. The lowest BCUT2D eigenvalue weighted by atomic mass is 10.1. The molecule has 0 bridgehead atoms. The molecule has 0 aliphatic carbocycles. The van der Waals surface area contributed by atoms with E-state index in [-0.39, 0.29) is 5.88 Å². The van der Waals surface area contributed by atoms with Crippen molar-refractivity contribution in [3.05, 3.63) is 29.6 Å². The highest BCUT2D eigenvalue weighted by molar-refractivity contribution is 6.20. The van der Waals surface area contributed by atoms with Crippen LogP contribution in [0.15, 0.2) is 23.3 Å². The first kappa shape index (κ1) is 28.1. The second kappa shape index (κ2) is 11.5. The number of nitrogens with zero attached hydrogens (tertiary/aromatic N) is 4. The van der Waals surface area contributed by atoms with Gasteiger partial charge in [-0.3, -0.25) is 0 Å². The second-order valence-corrected chi connectivity index (χ2v) is 6.87. The van der Waals surface area contributed by atoms with Crippen LogP contribution in [0.3, 0.4) is 0 Å². The Bertz CT molecular complexity index is 1110. The number of H-pyrrole nitrogens is 1.